The summed E-state index contributed by atoms with van der Waals surface area (Å²) in [6.45, 7) is 1.56. The molecule has 0 atom stereocenters. The molecule has 0 spiro atoms. The van der Waals surface area contributed by atoms with Crippen LogP contribution in [0.3, 0.4) is 0 Å². The molecular formula is C20H18F3NS. The molecule has 130 valence electrons. The minimum Gasteiger partial charge on any atom is -0.298 e. The molecule has 0 radical (unpaired) electrons. The second kappa shape index (κ2) is 7.42. The lowest BCUT2D eigenvalue weighted by Gasteiger charge is -2.13. The number of likely N-dealkylation sites (N-methyl/N-ethyl adjacent to an activating group) is 1. The number of hydrogen-bond acceptors (Lipinski definition) is 2. The number of benzene rings is 2. The molecule has 5 heteroatoms. The number of halogens is 3. The van der Waals surface area contributed by atoms with Gasteiger partial charge in [-0.05, 0) is 47.1 Å². The van der Waals surface area contributed by atoms with Gasteiger partial charge in [-0.25, -0.2) is 0 Å². The minimum atomic E-state index is -4.29. The van der Waals surface area contributed by atoms with E-state index in [0.29, 0.717) is 0 Å². The van der Waals surface area contributed by atoms with Crippen LogP contribution in [0.15, 0.2) is 60.0 Å². The van der Waals surface area contributed by atoms with E-state index >= 15 is 0 Å². The summed E-state index contributed by atoms with van der Waals surface area (Å²) in [4.78, 5) is 2.18. The van der Waals surface area contributed by atoms with Crippen molar-refractivity contribution in [2.24, 2.45) is 0 Å². The van der Waals surface area contributed by atoms with Crippen molar-refractivity contribution < 1.29 is 13.2 Å². The molecule has 3 rings (SSSR count). The van der Waals surface area contributed by atoms with E-state index in [9.17, 15) is 13.2 Å². The molecule has 0 aliphatic heterocycles. The van der Waals surface area contributed by atoms with Gasteiger partial charge in [-0.1, -0.05) is 42.5 Å². The molecule has 0 fully saturated rings. The van der Waals surface area contributed by atoms with Crippen molar-refractivity contribution in [2.45, 2.75) is 12.7 Å². The number of thiophene rings is 1. The van der Waals surface area contributed by atoms with Gasteiger partial charge in [0.25, 0.3) is 0 Å². The van der Waals surface area contributed by atoms with E-state index in [1.807, 2.05) is 31.3 Å². The Balaban J connectivity index is 1.58. The molecule has 25 heavy (non-hydrogen) atoms. The van der Waals surface area contributed by atoms with E-state index in [1.54, 1.807) is 11.3 Å². The van der Waals surface area contributed by atoms with Crippen molar-refractivity contribution in [3.05, 3.63) is 76.7 Å². The van der Waals surface area contributed by atoms with Crippen molar-refractivity contribution in [3.63, 3.8) is 0 Å². The predicted molar refractivity (Wildman–Crippen MR) is 98.6 cm³/mol. The molecule has 0 saturated heterocycles. The lowest BCUT2D eigenvalue weighted by molar-refractivity contribution is -0.137. The summed E-state index contributed by atoms with van der Waals surface area (Å²) in [5.74, 6) is 0. The van der Waals surface area contributed by atoms with Crippen LogP contribution in [0, 0.1) is 0 Å². The van der Waals surface area contributed by atoms with Crippen LogP contribution in [0.25, 0.3) is 16.2 Å². The van der Waals surface area contributed by atoms with Crippen molar-refractivity contribution in [3.8, 4) is 0 Å². The van der Waals surface area contributed by atoms with Crippen molar-refractivity contribution in [1.29, 1.82) is 0 Å². The highest BCUT2D eigenvalue weighted by molar-refractivity contribution is 7.17. The summed E-state index contributed by atoms with van der Waals surface area (Å²) in [7, 11) is 2.03. The van der Waals surface area contributed by atoms with Crippen molar-refractivity contribution in [1.82, 2.24) is 4.90 Å². The van der Waals surface area contributed by atoms with Crippen LogP contribution in [-0.4, -0.2) is 18.5 Å². The van der Waals surface area contributed by atoms with Crippen LogP contribution >= 0.6 is 11.3 Å². The molecule has 0 aliphatic carbocycles. The average molecular weight is 361 g/mol. The molecule has 3 aromatic rings. The molecule has 0 N–H and O–H groups in total. The third-order valence-corrected chi connectivity index (χ3v) is 4.98. The Bertz CT molecular complexity index is 863. The van der Waals surface area contributed by atoms with E-state index in [2.05, 4.69) is 22.4 Å². The number of alkyl halides is 3. The normalized spacial score (nSPS) is 12.5. The van der Waals surface area contributed by atoms with E-state index in [4.69, 9.17) is 0 Å². The van der Waals surface area contributed by atoms with E-state index < -0.39 is 11.7 Å². The molecule has 0 saturated carbocycles. The molecular weight excluding hydrogens is 343 g/mol. The van der Waals surface area contributed by atoms with Crippen molar-refractivity contribution >= 4 is 27.5 Å². The maximum atomic E-state index is 12.5. The van der Waals surface area contributed by atoms with Crippen molar-refractivity contribution in [2.75, 3.05) is 13.6 Å². The first kappa shape index (κ1) is 17.7. The smallest absolute Gasteiger partial charge is 0.298 e. The zero-order valence-corrected chi connectivity index (χ0v) is 14.6. The second-order valence-electron chi connectivity index (χ2n) is 5.98. The number of fused-ring (bicyclic) bond motifs is 1. The summed E-state index contributed by atoms with van der Waals surface area (Å²) in [6.07, 6.45) is -0.467. The van der Waals surface area contributed by atoms with E-state index in [0.717, 1.165) is 30.8 Å². The van der Waals surface area contributed by atoms with Crippen LogP contribution in [-0.2, 0) is 12.7 Å². The first-order chi connectivity index (χ1) is 11.9. The highest BCUT2D eigenvalue weighted by atomic mass is 32.1. The van der Waals surface area contributed by atoms with Crippen LogP contribution in [0.4, 0.5) is 13.2 Å². The number of rotatable bonds is 5. The van der Waals surface area contributed by atoms with Gasteiger partial charge < -0.3 is 0 Å². The molecule has 0 bridgehead atoms. The molecule has 1 heterocycles. The lowest BCUT2D eigenvalue weighted by Crippen LogP contribution is -2.17. The SMILES string of the molecule is CN(C/C=C/c1ccc(C(F)(F)F)cc1)Cc1csc2ccccc12. The Morgan fingerprint density at radius 3 is 2.48 bits per heavy atom. The van der Waals surface area contributed by atoms with Crippen LogP contribution in [0.5, 0.6) is 0 Å². The lowest BCUT2D eigenvalue weighted by atomic mass is 10.1. The zero-order valence-electron chi connectivity index (χ0n) is 13.8. The third-order valence-electron chi connectivity index (χ3n) is 3.97. The van der Waals surface area contributed by atoms with E-state index in [-0.39, 0.29) is 0 Å². The molecule has 1 aromatic heterocycles. The van der Waals surface area contributed by atoms with Gasteiger partial charge in [0.15, 0.2) is 0 Å². The fourth-order valence-corrected chi connectivity index (χ4v) is 3.62. The highest BCUT2D eigenvalue weighted by Crippen LogP contribution is 2.29. The first-order valence-corrected chi connectivity index (χ1v) is 8.79. The summed E-state index contributed by atoms with van der Waals surface area (Å²) in [6, 6.07) is 13.5. The Labute approximate surface area is 149 Å². The molecule has 2 aromatic carbocycles. The molecule has 0 aliphatic rings. The molecule has 0 amide bonds. The predicted octanol–water partition coefficient (Wildman–Crippen LogP) is 6.07. The van der Waals surface area contributed by atoms with E-state index in [1.165, 1.54) is 27.8 Å². The standard InChI is InChI=1S/C20H18F3NS/c1-24(13-16-14-25-19-7-3-2-6-18(16)19)12-4-5-15-8-10-17(11-9-15)20(21,22)23/h2-11,14H,12-13H2,1H3/b5-4+. The van der Waals surface area contributed by atoms with Gasteiger partial charge in [-0.15, -0.1) is 11.3 Å². The highest BCUT2D eigenvalue weighted by Gasteiger charge is 2.29. The van der Waals surface area contributed by atoms with Gasteiger partial charge in [0, 0.05) is 17.8 Å². The average Bonchev–Trinajstić information content (AvgIpc) is 2.98. The number of hydrogen-bond donors (Lipinski definition) is 0. The van der Waals surface area contributed by atoms with Gasteiger partial charge in [-0.2, -0.15) is 13.2 Å². The second-order valence-corrected chi connectivity index (χ2v) is 6.89. The Morgan fingerprint density at radius 1 is 1.04 bits per heavy atom. The summed E-state index contributed by atoms with van der Waals surface area (Å²) >= 11 is 1.74. The summed E-state index contributed by atoms with van der Waals surface area (Å²) in [5, 5.41) is 3.46. The first-order valence-electron chi connectivity index (χ1n) is 7.91. The topological polar surface area (TPSA) is 3.24 Å². The van der Waals surface area contributed by atoms with Gasteiger partial charge in [0.05, 0.1) is 5.56 Å². The maximum Gasteiger partial charge on any atom is 0.416 e. The van der Waals surface area contributed by atoms with Gasteiger partial charge in [0.2, 0.25) is 0 Å². The largest absolute Gasteiger partial charge is 0.416 e. The molecule has 0 unspecified atom stereocenters. The zero-order chi connectivity index (χ0) is 17.9. The monoisotopic (exact) mass is 361 g/mol. The van der Waals surface area contributed by atoms with Gasteiger partial charge in [-0.3, -0.25) is 4.90 Å². The molecule has 1 nitrogen and oxygen atoms in total. The van der Waals surface area contributed by atoms with Gasteiger partial charge in [0.1, 0.15) is 0 Å². The quantitative estimate of drug-likeness (QED) is 0.533. The Kier molecular flexibility index (Phi) is 5.25. The van der Waals surface area contributed by atoms with Crippen LogP contribution in [0.2, 0.25) is 0 Å². The van der Waals surface area contributed by atoms with Crippen LogP contribution < -0.4 is 0 Å². The van der Waals surface area contributed by atoms with Gasteiger partial charge >= 0.3 is 6.18 Å². The maximum absolute atomic E-state index is 12.5. The fourth-order valence-electron chi connectivity index (χ4n) is 2.66. The number of nitrogens with zero attached hydrogens (tertiary/aromatic N) is 1. The Hall–Kier alpha value is -2.11. The fraction of sp³-hybridized carbons (Fsp3) is 0.200. The van der Waals surface area contributed by atoms with Crippen LogP contribution in [0.1, 0.15) is 16.7 Å². The minimum absolute atomic E-state index is 0.619. The summed E-state index contributed by atoms with van der Waals surface area (Å²) in [5.41, 5.74) is 1.44. The summed E-state index contributed by atoms with van der Waals surface area (Å²) < 4.78 is 38.9. The Morgan fingerprint density at radius 2 is 1.76 bits per heavy atom. The third kappa shape index (κ3) is 4.50.